The van der Waals surface area contributed by atoms with E-state index in [-0.39, 0.29) is 0 Å². The van der Waals surface area contributed by atoms with Gasteiger partial charge in [0, 0.05) is 0 Å². The van der Waals surface area contributed by atoms with E-state index in [0.29, 0.717) is 23.7 Å². The molecule has 4 aliphatic rings. The van der Waals surface area contributed by atoms with E-state index in [1.807, 2.05) is 0 Å². The lowest BCUT2D eigenvalue weighted by molar-refractivity contribution is 0.563. The van der Waals surface area contributed by atoms with Gasteiger partial charge in [0.25, 0.3) is 0 Å². The maximum Gasteiger partial charge on any atom is 0.0662 e. The largest absolute Gasteiger partial charge is 0.198 e. The molecule has 2 nitrogen and oxygen atoms in total. The van der Waals surface area contributed by atoms with Crippen molar-refractivity contribution in [2.75, 3.05) is 0 Å². The molecule has 0 radical (unpaired) electrons. The van der Waals surface area contributed by atoms with Gasteiger partial charge in [0.2, 0.25) is 0 Å². The second-order valence-electron chi connectivity index (χ2n) is 6.03. The van der Waals surface area contributed by atoms with Crippen molar-refractivity contribution < 1.29 is 0 Å². The normalized spacial score (nSPS) is 45.4. The number of nitrogens with zero attached hydrogens (tertiary/aromatic N) is 2. The molecule has 0 N–H and O–H groups in total. The molecule has 4 aliphatic carbocycles. The molecule has 0 aromatic carbocycles. The van der Waals surface area contributed by atoms with E-state index in [1.165, 1.54) is 12.8 Å². The Labute approximate surface area is 109 Å². The van der Waals surface area contributed by atoms with Gasteiger partial charge in [-0.05, 0) is 49.4 Å². The fourth-order valence-corrected chi connectivity index (χ4v) is 3.86. The molecule has 0 aliphatic heterocycles. The minimum atomic E-state index is 0.347. The molecule has 0 spiro atoms. The molecule has 0 heterocycles. The zero-order valence-electron chi connectivity index (χ0n) is 10.5. The number of allylic oxidation sites excluding steroid dienone is 4. The quantitative estimate of drug-likeness (QED) is 0.607. The minimum absolute atomic E-state index is 0.347. The zero-order valence-corrected chi connectivity index (χ0v) is 10.5. The van der Waals surface area contributed by atoms with Crippen LogP contribution in [0.1, 0.15) is 25.7 Å². The molecule has 18 heavy (non-hydrogen) atoms. The second-order valence-corrected chi connectivity index (χ2v) is 6.03. The third kappa shape index (κ3) is 1.97. The molecule has 2 fully saturated rings. The van der Waals surface area contributed by atoms with Crippen LogP contribution in [-0.4, -0.2) is 0 Å². The summed E-state index contributed by atoms with van der Waals surface area (Å²) in [7, 11) is 0. The summed E-state index contributed by atoms with van der Waals surface area (Å²) in [4.78, 5) is 0. The highest BCUT2D eigenvalue weighted by molar-refractivity contribution is 5.15. The Hall–Kier alpha value is -1.54. The van der Waals surface area contributed by atoms with Crippen LogP contribution in [0.4, 0.5) is 0 Å². The minimum Gasteiger partial charge on any atom is -0.198 e. The maximum atomic E-state index is 8.60. The summed E-state index contributed by atoms with van der Waals surface area (Å²) in [6, 6.07) is 4.69. The van der Waals surface area contributed by atoms with Crippen molar-refractivity contribution in [1.29, 1.82) is 10.5 Å². The van der Waals surface area contributed by atoms with Crippen molar-refractivity contribution in [2.45, 2.75) is 25.7 Å². The van der Waals surface area contributed by atoms with Gasteiger partial charge in [-0.3, -0.25) is 0 Å². The molecule has 0 saturated heterocycles. The van der Waals surface area contributed by atoms with Gasteiger partial charge in [-0.1, -0.05) is 24.3 Å². The van der Waals surface area contributed by atoms with Gasteiger partial charge in [-0.2, -0.15) is 10.5 Å². The summed E-state index contributed by atoms with van der Waals surface area (Å²) in [6.45, 7) is 0. The van der Waals surface area contributed by atoms with Crippen LogP contribution in [-0.2, 0) is 0 Å². The maximum absolute atomic E-state index is 8.60. The van der Waals surface area contributed by atoms with E-state index in [4.69, 9.17) is 10.5 Å². The Morgan fingerprint density at radius 1 is 0.667 bits per heavy atom. The third-order valence-corrected chi connectivity index (χ3v) is 4.89. The van der Waals surface area contributed by atoms with Crippen LogP contribution in [0.3, 0.4) is 0 Å². The number of fused-ring (bicyclic) bond motifs is 4. The highest BCUT2D eigenvalue weighted by atomic mass is 14.4. The van der Waals surface area contributed by atoms with E-state index in [0.717, 1.165) is 24.7 Å². The SMILES string of the molecule is N#C[C@@H]1C[C@@H]2C=C[C@H]1C2.N#C[C@H]1C[C@@H]2C=C[C@H]1C2. The Balaban J connectivity index is 0.000000111. The summed E-state index contributed by atoms with van der Waals surface area (Å²) in [5.74, 6) is 3.42. The van der Waals surface area contributed by atoms with Crippen molar-refractivity contribution in [1.82, 2.24) is 0 Å². The monoisotopic (exact) mass is 238 g/mol. The van der Waals surface area contributed by atoms with Gasteiger partial charge in [0.15, 0.2) is 0 Å². The molecule has 0 aromatic heterocycles. The Morgan fingerprint density at radius 2 is 1.11 bits per heavy atom. The van der Waals surface area contributed by atoms with E-state index in [1.54, 1.807) is 0 Å². The average molecular weight is 238 g/mol. The molecule has 0 aromatic rings. The predicted molar refractivity (Wildman–Crippen MR) is 68.9 cm³/mol. The summed E-state index contributed by atoms with van der Waals surface area (Å²) in [5, 5.41) is 17.2. The molecular weight excluding hydrogens is 220 g/mol. The van der Waals surface area contributed by atoms with Crippen LogP contribution < -0.4 is 0 Å². The molecule has 92 valence electrons. The van der Waals surface area contributed by atoms with Crippen molar-refractivity contribution in [3.63, 3.8) is 0 Å². The molecule has 6 atom stereocenters. The van der Waals surface area contributed by atoms with E-state index < -0.39 is 0 Å². The molecule has 0 amide bonds. The van der Waals surface area contributed by atoms with Crippen LogP contribution in [0.5, 0.6) is 0 Å². The highest BCUT2D eigenvalue weighted by Gasteiger charge is 2.35. The van der Waals surface area contributed by atoms with Gasteiger partial charge in [-0.15, -0.1) is 0 Å². The standard InChI is InChI=1S/2C8H9N/c2*9-5-8-4-6-1-2-7(8)3-6/h2*1-2,6-8H,3-4H2/t6-,7+,8+;6-,7+,8-/m11/s1. The summed E-state index contributed by atoms with van der Waals surface area (Å²) < 4.78 is 0. The summed E-state index contributed by atoms with van der Waals surface area (Å²) in [6.07, 6.45) is 13.7. The first kappa shape index (κ1) is 11.5. The number of rotatable bonds is 0. The topological polar surface area (TPSA) is 47.6 Å². The van der Waals surface area contributed by atoms with E-state index in [9.17, 15) is 0 Å². The molecule has 2 saturated carbocycles. The molecule has 2 heteroatoms. The second kappa shape index (κ2) is 4.62. The third-order valence-electron chi connectivity index (χ3n) is 4.89. The van der Waals surface area contributed by atoms with Gasteiger partial charge < -0.3 is 0 Å². The predicted octanol–water partition coefficient (Wildman–Crippen LogP) is 3.44. The van der Waals surface area contributed by atoms with E-state index in [2.05, 4.69) is 36.4 Å². The van der Waals surface area contributed by atoms with Crippen molar-refractivity contribution >= 4 is 0 Å². The lowest BCUT2D eigenvalue weighted by atomic mass is 9.95. The lowest BCUT2D eigenvalue weighted by Gasteiger charge is -2.06. The van der Waals surface area contributed by atoms with Crippen LogP contribution >= 0.6 is 0 Å². The number of hydrogen-bond donors (Lipinski definition) is 0. The fraction of sp³-hybridized carbons (Fsp3) is 0.625. The first-order valence-corrected chi connectivity index (χ1v) is 6.96. The average Bonchev–Trinajstić information content (AvgIpc) is 3.17. The summed E-state index contributed by atoms with van der Waals surface area (Å²) >= 11 is 0. The van der Waals surface area contributed by atoms with Gasteiger partial charge >= 0.3 is 0 Å². The molecule has 4 rings (SSSR count). The Bertz CT molecular complexity index is 418. The molecular formula is C16H18N2. The van der Waals surface area contributed by atoms with Crippen molar-refractivity contribution in [3.05, 3.63) is 24.3 Å². The van der Waals surface area contributed by atoms with Crippen LogP contribution in [0.2, 0.25) is 0 Å². The Morgan fingerprint density at radius 3 is 1.28 bits per heavy atom. The Kier molecular flexibility index (Phi) is 2.96. The number of nitriles is 2. The zero-order chi connectivity index (χ0) is 12.5. The van der Waals surface area contributed by atoms with Gasteiger partial charge in [0.1, 0.15) is 0 Å². The number of hydrogen-bond acceptors (Lipinski definition) is 2. The van der Waals surface area contributed by atoms with Crippen LogP contribution in [0.25, 0.3) is 0 Å². The molecule has 4 bridgehead atoms. The summed E-state index contributed by atoms with van der Waals surface area (Å²) in [5.41, 5.74) is 0. The fourth-order valence-electron chi connectivity index (χ4n) is 3.86. The first-order valence-electron chi connectivity index (χ1n) is 6.96. The smallest absolute Gasteiger partial charge is 0.0662 e. The molecule has 0 unspecified atom stereocenters. The van der Waals surface area contributed by atoms with Gasteiger partial charge in [0.05, 0.1) is 24.0 Å². The van der Waals surface area contributed by atoms with Crippen molar-refractivity contribution in [2.24, 2.45) is 35.5 Å². The first-order chi connectivity index (χ1) is 8.80. The van der Waals surface area contributed by atoms with Gasteiger partial charge in [-0.25, -0.2) is 0 Å². The van der Waals surface area contributed by atoms with E-state index >= 15 is 0 Å². The highest BCUT2D eigenvalue weighted by Crippen LogP contribution is 2.43. The van der Waals surface area contributed by atoms with Crippen LogP contribution in [0.15, 0.2) is 24.3 Å². The van der Waals surface area contributed by atoms with Crippen LogP contribution in [0, 0.1) is 58.2 Å². The lowest BCUT2D eigenvalue weighted by Crippen LogP contribution is -2.02. The van der Waals surface area contributed by atoms with Crippen molar-refractivity contribution in [3.8, 4) is 12.1 Å².